The summed E-state index contributed by atoms with van der Waals surface area (Å²) in [6.07, 6.45) is 2.93. The zero-order valence-corrected chi connectivity index (χ0v) is 16.1. The van der Waals surface area contributed by atoms with Crippen LogP contribution < -0.4 is 10.7 Å². The van der Waals surface area contributed by atoms with E-state index in [-0.39, 0.29) is 11.0 Å². The van der Waals surface area contributed by atoms with Gasteiger partial charge < -0.3 is 9.73 Å². The van der Waals surface area contributed by atoms with Crippen LogP contribution in [-0.2, 0) is 19.3 Å². The first kappa shape index (κ1) is 18.9. The predicted molar refractivity (Wildman–Crippen MR) is 110 cm³/mol. The third kappa shape index (κ3) is 3.65. The van der Waals surface area contributed by atoms with Crippen LogP contribution in [0.3, 0.4) is 0 Å². The molecule has 0 aliphatic carbocycles. The molecular weight excluding hydrogens is 338 g/mol. The summed E-state index contributed by atoms with van der Waals surface area (Å²) < 4.78 is 5.93. The molecule has 0 spiro atoms. The fourth-order valence-electron chi connectivity index (χ4n) is 3.40. The molecule has 4 nitrogen and oxygen atoms in total. The van der Waals surface area contributed by atoms with Gasteiger partial charge in [-0.05, 0) is 42.5 Å². The molecule has 3 rings (SSSR count). The van der Waals surface area contributed by atoms with E-state index in [0.717, 1.165) is 36.1 Å². The van der Waals surface area contributed by atoms with E-state index in [2.05, 4.69) is 19.2 Å². The van der Waals surface area contributed by atoms with Crippen LogP contribution in [0.25, 0.3) is 11.0 Å². The molecule has 1 N–H and O–H groups in total. The lowest BCUT2D eigenvalue weighted by atomic mass is 10.0. The normalized spacial score (nSPS) is 10.9. The topological polar surface area (TPSA) is 59.3 Å². The number of aryl methyl sites for hydroxylation is 3. The fourth-order valence-corrected chi connectivity index (χ4v) is 3.40. The van der Waals surface area contributed by atoms with Crippen molar-refractivity contribution in [2.24, 2.45) is 0 Å². The molecule has 1 heterocycles. The molecule has 0 fully saturated rings. The summed E-state index contributed by atoms with van der Waals surface area (Å²) in [6.45, 7) is 6.10. The summed E-state index contributed by atoms with van der Waals surface area (Å²) in [7, 11) is 0. The first-order chi connectivity index (χ1) is 13.1. The molecule has 1 amide bonds. The highest BCUT2D eigenvalue weighted by atomic mass is 16.3. The number of hydrogen-bond acceptors (Lipinski definition) is 3. The van der Waals surface area contributed by atoms with E-state index >= 15 is 0 Å². The molecule has 0 aliphatic rings. The maximum atomic E-state index is 13.1. The van der Waals surface area contributed by atoms with Gasteiger partial charge in [-0.2, -0.15) is 0 Å². The summed E-state index contributed by atoms with van der Waals surface area (Å²) in [4.78, 5) is 26.2. The molecule has 2 aromatic carbocycles. The van der Waals surface area contributed by atoms with Crippen molar-refractivity contribution in [3.63, 3.8) is 0 Å². The Morgan fingerprint density at radius 2 is 1.63 bits per heavy atom. The van der Waals surface area contributed by atoms with Crippen molar-refractivity contribution in [2.45, 2.75) is 46.5 Å². The molecule has 0 saturated carbocycles. The highest BCUT2D eigenvalue weighted by Gasteiger charge is 2.22. The van der Waals surface area contributed by atoms with Gasteiger partial charge in [-0.3, -0.25) is 9.59 Å². The van der Waals surface area contributed by atoms with Gasteiger partial charge in [-0.15, -0.1) is 0 Å². The molecule has 0 bridgehead atoms. The van der Waals surface area contributed by atoms with Crippen LogP contribution in [0.2, 0.25) is 0 Å². The minimum absolute atomic E-state index is 0.114. The number of carbonyl (C=O) groups is 1. The molecule has 0 saturated heterocycles. The fraction of sp³-hybridized carbons (Fsp3) is 0.304. The highest BCUT2D eigenvalue weighted by Crippen LogP contribution is 2.24. The number of carbonyl (C=O) groups excluding carboxylic acids is 1. The molecule has 3 aromatic rings. The van der Waals surface area contributed by atoms with Gasteiger partial charge in [-0.1, -0.05) is 51.1 Å². The zero-order valence-electron chi connectivity index (χ0n) is 16.1. The van der Waals surface area contributed by atoms with Crippen LogP contribution in [0.15, 0.2) is 51.7 Å². The monoisotopic (exact) mass is 363 g/mol. The second-order valence-corrected chi connectivity index (χ2v) is 6.59. The Bertz CT molecular complexity index is 1010. The minimum Gasteiger partial charge on any atom is -0.460 e. The second-order valence-electron chi connectivity index (χ2n) is 6.59. The van der Waals surface area contributed by atoms with Crippen molar-refractivity contribution in [3.8, 4) is 0 Å². The van der Waals surface area contributed by atoms with Gasteiger partial charge in [0.15, 0.2) is 0 Å². The van der Waals surface area contributed by atoms with Crippen molar-refractivity contribution in [3.05, 3.63) is 75.1 Å². The van der Waals surface area contributed by atoms with Crippen molar-refractivity contribution in [1.82, 2.24) is 0 Å². The van der Waals surface area contributed by atoms with Crippen LogP contribution in [0, 0.1) is 0 Å². The van der Waals surface area contributed by atoms with Gasteiger partial charge in [0, 0.05) is 12.1 Å². The Morgan fingerprint density at radius 1 is 0.963 bits per heavy atom. The van der Waals surface area contributed by atoms with E-state index in [1.165, 1.54) is 0 Å². The van der Waals surface area contributed by atoms with Crippen LogP contribution in [-0.4, -0.2) is 5.91 Å². The molecule has 27 heavy (non-hydrogen) atoms. The van der Waals surface area contributed by atoms with E-state index in [1.54, 1.807) is 18.2 Å². The van der Waals surface area contributed by atoms with E-state index in [4.69, 9.17) is 4.42 Å². The third-order valence-electron chi connectivity index (χ3n) is 4.81. The molecule has 4 heteroatoms. The standard InChI is InChI=1S/C23H25NO3/c1-4-10-19-20(22(25)17-13-7-8-14-18(17)27-19)23(26)24-21-15(5-2)11-9-12-16(21)6-3/h7-9,11-14H,4-6,10H2,1-3H3,(H,24,26). The van der Waals surface area contributed by atoms with E-state index < -0.39 is 5.91 Å². The number of amides is 1. The molecule has 0 atom stereocenters. The molecule has 0 unspecified atom stereocenters. The van der Waals surface area contributed by atoms with Crippen LogP contribution in [0.1, 0.15) is 54.4 Å². The van der Waals surface area contributed by atoms with Crippen molar-refractivity contribution >= 4 is 22.6 Å². The predicted octanol–water partition coefficient (Wildman–Crippen LogP) is 5.12. The van der Waals surface area contributed by atoms with Gasteiger partial charge in [0.1, 0.15) is 16.9 Å². The van der Waals surface area contributed by atoms with Gasteiger partial charge in [0.2, 0.25) is 5.43 Å². The number of fused-ring (bicyclic) bond motifs is 1. The first-order valence-electron chi connectivity index (χ1n) is 9.57. The highest BCUT2D eigenvalue weighted by molar-refractivity contribution is 6.07. The van der Waals surface area contributed by atoms with Crippen molar-refractivity contribution < 1.29 is 9.21 Å². The Hall–Kier alpha value is -2.88. The van der Waals surface area contributed by atoms with Gasteiger partial charge >= 0.3 is 0 Å². The quantitative estimate of drug-likeness (QED) is 0.661. The Morgan fingerprint density at radius 3 is 2.26 bits per heavy atom. The number of nitrogens with one attached hydrogen (secondary N) is 1. The number of para-hydroxylation sites is 2. The SMILES string of the molecule is CCCc1oc2ccccc2c(=O)c1C(=O)Nc1c(CC)cccc1CC. The summed E-state index contributed by atoms with van der Waals surface area (Å²) in [5.41, 5.74) is 3.29. The first-order valence-corrected chi connectivity index (χ1v) is 9.57. The number of anilines is 1. The summed E-state index contributed by atoms with van der Waals surface area (Å²) in [5.74, 6) is 0.0549. The van der Waals surface area contributed by atoms with Crippen LogP contribution in [0.5, 0.6) is 0 Å². The van der Waals surface area contributed by atoms with Crippen LogP contribution in [0.4, 0.5) is 5.69 Å². The Kier molecular flexibility index (Phi) is 5.75. The van der Waals surface area contributed by atoms with Crippen molar-refractivity contribution in [1.29, 1.82) is 0 Å². The zero-order chi connectivity index (χ0) is 19.4. The maximum Gasteiger partial charge on any atom is 0.263 e. The summed E-state index contributed by atoms with van der Waals surface area (Å²) in [5, 5.41) is 3.44. The van der Waals surface area contributed by atoms with Crippen molar-refractivity contribution in [2.75, 3.05) is 5.32 Å². The van der Waals surface area contributed by atoms with Gasteiger partial charge in [0.25, 0.3) is 5.91 Å². The summed E-state index contributed by atoms with van der Waals surface area (Å²) >= 11 is 0. The maximum absolute atomic E-state index is 13.1. The van der Waals surface area contributed by atoms with Crippen LogP contribution >= 0.6 is 0 Å². The molecule has 0 radical (unpaired) electrons. The smallest absolute Gasteiger partial charge is 0.263 e. The average Bonchev–Trinajstić information content (AvgIpc) is 2.68. The van der Waals surface area contributed by atoms with Gasteiger partial charge in [-0.25, -0.2) is 0 Å². The minimum atomic E-state index is -0.395. The lowest BCUT2D eigenvalue weighted by Gasteiger charge is -2.15. The Balaban J connectivity index is 2.13. The number of hydrogen-bond donors (Lipinski definition) is 1. The second kappa shape index (κ2) is 8.21. The molecular formula is C23H25NO3. The van der Waals surface area contributed by atoms with E-state index in [0.29, 0.717) is 23.2 Å². The van der Waals surface area contributed by atoms with E-state index in [1.807, 2.05) is 31.2 Å². The summed E-state index contributed by atoms with van der Waals surface area (Å²) in [6, 6.07) is 13.1. The lowest BCUT2D eigenvalue weighted by molar-refractivity contribution is 0.102. The molecule has 140 valence electrons. The Labute approximate surface area is 159 Å². The number of rotatable bonds is 6. The molecule has 1 aromatic heterocycles. The lowest BCUT2D eigenvalue weighted by Crippen LogP contribution is -2.25. The average molecular weight is 363 g/mol. The molecule has 0 aliphatic heterocycles. The van der Waals surface area contributed by atoms with E-state index in [9.17, 15) is 9.59 Å². The van der Waals surface area contributed by atoms with Gasteiger partial charge in [0.05, 0.1) is 5.39 Å². The third-order valence-corrected chi connectivity index (χ3v) is 4.81. The number of benzene rings is 2. The largest absolute Gasteiger partial charge is 0.460 e.